The maximum atomic E-state index is 15.2. The molecule has 5 nitrogen and oxygen atoms in total. The Balaban J connectivity index is 2.16. The van der Waals surface area contributed by atoms with Crippen molar-refractivity contribution < 1.29 is 18.3 Å². The van der Waals surface area contributed by atoms with Gasteiger partial charge in [-0.25, -0.2) is 4.39 Å². The van der Waals surface area contributed by atoms with Crippen molar-refractivity contribution in [2.75, 3.05) is 0 Å². The van der Waals surface area contributed by atoms with Crippen LogP contribution in [0.5, 0.6) is 0 Å². The van der Waals surface area contributed by atoms with E-state index in [1.54, 1.807) is 0 Å². The second kappa shape index (κ2) is 6.57. The lowest BCUT2D eigenvalue weighted by Gasteiger charge is -2.35. The van der Waals surface area contributed by atoms with E-state index in [1.807, 2.05) is 0 Å². The minimum Gasteiger partial charge on any atom is -0.377 e. The molecule has 2 aromatic heterocycles. The van der Waals surface area contributed by atoms with Gasteiger partial charge >= 0.3 is 5.92 Å². The smallest absolute Gasteiger partial charge is 0.323 e. The van der Waals surface area contributed by atoms with Gasteiger partial charge in [0.2, 0.25) is 0 Å². The fourth-order valence-corrected chi connectivity index (χ4v) is 2.69. The van der Waals surface area contributed by atoms with Gasteiger partial charge in [-0.05, 0) is 34.1 Å². The summed E-state index contributed by atoms with van der Waals surface area (Å²) in [5.74, 6) is -4.88. The SMILES string of the molecule is OC(Cn1nccn1)(c1ccccc1F)C(F)(F)c1ccc(Br)cn1. The number of aliphatic hydroxyl groups is 1. The van der Waals surface area contributed by atoms with Gasteiger partial charge in [0.1, 0.15) is 18.1 Å². The fourth-order valence-electron chi connectivity index (χ4n) is 2.45. The Kier molecular flexibility index (Phi) is 4.61. The van der Waals surface area contributed by atoms with Crippen molar-refractivity contribution in [3.8, 4) is 0 Å². The van der Waals surface area contributed by atoms with Gasteiger partial charge < -0.3 is 5.11 Å². The normalized spacial score (nSPS) is 14.3. The van der Waals surface area contributed by atoms with Crippen molar-refractivity contribution >= 4 is 15.9 Å². The summed E-state index contributed by atoms with van der Waals surface area (Å²) in [5, 5.41) is 18.4. The number of hydrogen-bond donors (Lipinski definition) is 1. The molecule has 0 aliphatic heterocycles. The van der Waals surface area contributed by atoms with Gasteiger partial charge in [0.05, 0.1) is 12.4 Å². The van der Waals surface area contributed by atoms with Crippen molar-refractivity contribution in [3.63, 3.8) is 0 Å². The molecule has 3 aromatic rings. The molecule has 130 valence electrons. The highest BCUT2D eigenvalue weighted by molar-refractivity contribution is 9.10. The zero-order valence-electron chi connectivity index (χ0n) is 12.7. The summed E-state index contributed by atoms with van der Waals surface area (Å²) < 4.78 is 45.2. The first-order valence-electron chi connectivity index (χ1n) is 7.16. The Morgan fingerprint density at radius 1 is 1.08 bits per heavy atom. The standard InChI is InChI=1S/C16H12BrF3N4O/c17-11-5-6-14(21-9-11)16(19,20)15(25,10-24-22-7-8-23-24)12-3-1-2-4-13(12)18/h1-9,25H,10H2. The van der Waals surface area contributed by atoms with E-state index in [2.05, 4.69) is 31.1 Å². The Labute approximate surface area is 149 Å². The zero-order valence-corrected chi connectivity index (χ0v) is 14.2. The topological polar surface area (TPSA) is 63.8 Å². The van der Waals surface area contributed by atoms with Gasteiger partial charge in [-0.2, -0.15) is 23.8 Å². The van der Waals surface area contributed by atoms with Gasteiger partial charge in [0, 0.05) is 16.2 Å². The van der Waals surface area contributed by atoms with Gasteiger partial charge in [0.15, 0.2) is 5.60 Å². The van der Waals surface area contributed by atoms with Crippen molar-refractivity contribution in [2.24, 2.45) is 0 Å². The van der Waals surface area contributed by atoms with E-state index in [9.17, 15) is 9.50 Å². The monoisotopic (exact) mass is 412 g/mol. The van der Waals surface area contributed by atoms with Crippen LogP contribution >= 0.6 is 15.9 Å². The zero-order chi connectivity index (χ0) is 18.1. The largest absolute Gasteiger partial charge is 0.377 e. The fraction of sp³-hybridized carbons (Fsp3) is 0.188. The minimum absolute atomic E-state index is 0.496. The summed E-state index contributed by atoms with van der Waals surface area (Å²) in [4.78, 5) is 4.55. The van der Waals surface area contributed by atoms with Gasteiger partial charge in [-0.3, -0.25) is 4.98 Å². The average molecular weight is 413 g/mol. The number of benzene rings is 1. The highest BCUT2D eigenvalue weighted by atomic mass is 79.9. The highest BCUT2D eigenvalue weighted by Gasteiger charge is 2.58. The molecule has 2 heterocycles. The number of alkyl halides is 2. The molecule has 0 saturated heterocycles. The molecule has 25 heavy (non-hydrogen) atoms. The second-order valence-electron chi connectivity index (χ2n) is 5.34. The van der Waals surface area contributed by atoms with E-state index in [1.165, 1.54) is 36.8 Å². The van der Waals surface area contributed by atoms with E-state index in [-0.39, 0.29) is 0 Å². The molecule has 1 N–H and O–H groups in total. The number of pyridine rings is 1. The molecule has 1 unspecified atom stereocenters. The molecule has 0 saturated carbocycles. The summed E-state index contributed by atoms with van der Waals surface area (Å²) in [6, 6.07) is 7.25. The van der Waals surface area contributed by atoms with Crippen LogP contribution in [-0.2, 0) is 18.1 Å². The van der Waals surface area contributed by atoms with Crippen LogP contribution in [0.2, 0.25) is 0 Å². The second-order valence-corrected chi connectivity index (χ2v) is 6.25. The molecule has 0 aliphatic rings. The minimum atomic E-state index is -3.91. The predicted molar refractivity (Wildman–Crippen MR) is 86.1 cm³/mol. The molecule has 0 bridgehead atoms. The number of nitrogens with zero attached hydrogens (tertiary/aromatic N) is 4. The van der Waals surface area contributed by atoms with E-state index in [4.69, 9.17) is 0 Å². The van der Waals surface area contributed by atoms with Crippen LogP contribution in [0.25, 0.3) is 0 Å². The lowest BCUT2D eigenvalue weighted by Crippen LogP contribution is -2.48. The predicted octanol–water partition coefficient (Wildman–Crippen LogP) is 3.25. The highest BCUT2D eigenvalue weighted by Crippen LogP contribution is 2.46. The van der Waals surface area contributed by atoms with Crippen molar-refractivity contribution in [3.05, 3.63) is 76.5 Å². The molecule has 0 aliphatic carbocycles. The Morgan fingerprint density at radius 3 is 2.36 bits per heavy atom. The summed E-state index contributed by atoms with van der Waals surface area (Å²) in [5.41, 5.74) is -4.21. The van der Waals surface area contributed by atoms with Gasteiger partial charge in [0.25, 0.3) is 0 Å². The lowest BCUT2D eigenvalue weighted by molar-refractivity contribution is -0.209. The molecule has 9 heteroatoms. The lowest BCUT2D eigenvalue weighted by atomic mass is 9.84. The third-order valence-electron chi connectivity index (χ3n) is 3.72. The van der Waals surface area contributed by atoms with Crippen LogP contribution in [0.3, 0.4) is 0 Å². The van der Waals surface area contributed by atoms with Crippen LogP contribution in [0, 0.1) is 5.82 Å². The molecule has 0 fully saturated rings. The molecule has 3 rings (SSSR count). The maximum Gasteiger partial charge on any atom is 0.323 e. The van der Waals surface area contributed by atoms with Gasteiger partial charge in [-0.1, -0.05) is 18.2 Å². The molecule has 0 spiro atoms. The first-order chi connectivity index (χ1) is 11.8. The van der Waals surface area contributed by atoms with E-state index < -0.39 is 35.1 Å². The van der Waals surface area contributed by atoms with Crippen LogP contribution in [0.15, 0.2) is 59.5 Å². The average Bonchev–Trinajstić information content (AvgIpc) is 3.08. The molecule has 1 aromatic carbocycles. The van der Waals surface area contributed by atoms with Gasteiger partial charge in [-0.15, -0.1) is 0 Å². The van der Waals surface area contributed by atoms with Crippen molar-refractivity contribution in [1.82, 2.24) is 20.0 Å². The van der Waals surface area contributed by atoms with Crippen LogP contribution < -0.4 is 0 Å². The number of halogens is 4. The first kappa shape index (κ1) is 17.6. The van der Waals surface area contributed by atoms with Crippen LogP contribution in [0.4, 0.5) is 13.2 Å². The van der Waals surface area contributed by atoms with Crippen LogP contribution in [0.1, 0.15) is 11.3 Å². The molecular formula is C16H12BrF3N4O. The third kappa shape index (κ3) is 3.16. The number of rotatable bonds is 5. The number of aromatic nitrogens is 4. The van der Waals surface area contributed by atoms with E-state index in [0.29, 0.717) is 4.47 Å². The molecular weight excluding hydrogens is 401 g/mol. The Morgan fingerprint density at radius 2 is 1.76 bits per heavy atom. The number of hydrogen-bond acceptors (Lipinski definition) is 4. The molecule has 1 atom stereocenters. The summed E-state index contributed by atoms with van der Waals surface area (Å²) in [6.07, 6.45) is 3.73. The first-order valence-corrected chi connectivity index (χ1v) is 7.95. The van der Waals surface area contributed by atoms with E-state index >= 15 is 8.78 Å². The Bertz CT molecular complexity index is 858. The quantitative estimate of drug-likeness (QED) is 0.698. The maximum absolute atomic E-state index is 15.2. The van der Waals surface area contributed by atoms with E-state index in [0.717, 1.165) is 23.0 Å². The molecule has 0 radical (unpaired) electrons. The molecule has 0 amide bonds. The van der Waals surface area contributed by atoms with Crippen molar-refractivity contribution in [2.45, 2.75) is 18.1 Å². The summed E-state index contributed by atoms with van der Waals surface area (Å²) >= 11 is 3.11. The van der Waals surface area contributed by atoms with Crippen molar-refractivity contribution in [1.29, 1.82) is 0 Å². The van der Waals surface area contributed by atoms with Crippen LogP contribution in [-0.4, -0.2) is 25.1 Å². The summed E-state index contributed by atoms with van der Waals surface area (Å²) in [6.45, 7) is -0.758. The summed E-state index contributed by atoms with van der Waals surface area (Å²) in [7, 11) is 0. The third-order valence-corrected chi connectivity index (χ3v) is 4.19. The Hall–Kier alpha value is -2.26.